The van der Waals surface area contributed by atoms with Gasteiger partial charge >= 0.3 is 11.9 Å². The van der Waals surface area contributed by atoms with E-state index in [4.69, 9.17) is 14.6 Å². The zero-order valence-electron chi connectivity index (χ0n) is 18.8. The highest BCUT2D eigenvalue weighted by atomic mass is 16.5. The summed E-state index contributed by atoms with van der Waals surface area (Å²) in [4.78, 5) is 22.2. The van der Waals surface area contributed by atoms with Gasteiger partial charge in [0.05, 0.1) is 13.7 Å². The van der Waals surface area contributed by atoms with Crippen LogP contribution in [0.1, 0.15) is 89.0 Å². The van der Waals surface area contributed by atoms with E-state index in [1.54, 1.807) is 18.2 Å². The van der Waals surface area contributed by atoms with Crippen molar-refractivity contribution in [2.75, 3.05) is 13.7 Å². The van der Waals surface area contributed by atoms with Gasteiger partial charge in [-0.1, -0.05) is 70.3 Å². The van der Waals surface area contributed by atoms with Crippen LogP contribution in [0.15, 0.2) is 24.3 Å². The van der Waals surface area contributed by atoms with Gasteiger partial charge in [0.1, 0.15) is 0 Å². The quantitative estimate of drug-likeness (QED) is 0.164. The van der Waals surface area contributed by atoms with Gasteiger partial charge in [0.25, 0.3) is 0 Å². The smallest absolute Gasteiger partial charge is 0.330 e. The Morgan fingerprint density at radius 1 is 0.871 bits per heavy atom. The Kier molecular flexibility index (Phi) is 14.7. The summed E-state index contributed by atoms with van der Waals surface area (Å²) in [7, 11) is 1.48. The van der Waals surface area contributed by atoms with Crippen LogP contribution in [0.4, 0.5) is 0 Å². The molecule has 2 N–H and O–H groups in total. The normalized spacial score (nSPS) is 11.0. The third kappa shape index (κ3) is 14.2. The molecule has 1 aromatic rings. The van der Waals surface area contributed by atoms with Crippen molar-refractivity contribution in [1.82, 2.24) is 0 Å². The van der Waals surface area contributed by atoms with Crippen molar-refractivity contribution in [3.63, 3.8) is 0 Å². The number of phenols is 1. The Hall–Kier alpha value is -2.50. The van der Waals surface area contributed by atoms with Crippen molar-refractivity contribution >= 4 is 18.0 Å². The maximum atomic E-state index is 11.8. The first-order valence-electron chi connectivity index (χ1n) is 11.5. The number of phenolic OH excluding ortho intramolecular Hbond substituents is 1. The number of hydrogen-bond donors (Lipinski definition) is 2. The molecule has 0 unspecified atom stereocenters. The van der Waals surface area contributed by atoms with Crippen molar-refractivity contribution < 1.29 is 29.3 Å². The molecule has 0 aliphatic heterocycles. The SMILES string of the molecule is COc1cc(/C=C/C(=O)OCCCCCCCCCCCCCCC(=O)O)ccc1O. The number of ether oxygens (including phenoxy) is 2. The third-order valence-corrected chi connectivity index (χ3v) is 5.14. The van der Waals surface area contributed by atoms with Gasteiger partial charge in [0, 0.05) is 12.5 Å². The van der Waals surface area contributed by atoms with Crippen molar-refractivity contribution in [1.29, 1.82) is 0 Å². The summed E-state index contributed by atoms with van der Waals surface area (Å²) < 4.78 is 10.3. The number of aromatic hydroxyl groups is 1. The van der Waals surface area contributed by atoms with E-state index < -0.39 is 5.97 Å². The van der Waals surface area contributed by atoms with E-state index in [1.165, 1.54) is 57.8 Å². The van der Waals surface area contributed by atoms with Crippen LogP contribution < -0.4 is 4.74 Å². The van der Waals surface area contributed by atoms with Crippen LogP contribution in [0.5, 0.6) is 11.5 Å². The monoisotopic (exact) mass is 434 g/mol. The zero-order valence-corrected chi connectivity index (χ0v) is 18.8. The van der Waals surface area contributed by atoms with Crippen molar-refractivity contribution in [3.8, 4) is 11.5 Å². The van der Waals surface area contributed by atoms with Gasteiger partial charge in [0.15, 0.2) is 11.5 Å². The number of benzene rings is 1. The van der Waals surface area contributed by atoms with Crippen molar-refractivity contribution in [2.24, 2.45) is 0 Å². The molecule has 0 saturated heterocycles. The van der Waals surface area contributed by atoms with Crippen LogP contribution in [-0.2, 0) is 14.3 Å². The number of hydrogen-bond acceptors (Lipinski definition) is 5. The average molecular weight is 435 g/mol. The van der Waals surface area contributed by atoms with Gasteiger partial charge in [-0.2, -0.15) is 0 Å². The third-order valence-electron chi connectivity index (χ3n) is 5.14. The number of carboxylic acids is 1. The standard InChI is InChI=1S/C25H38O6/c1-30-23-20-21(15-17-22(23)26)16-18-25(29)31-19-13-11-9-7-5-3-2-4-6-8-10-12-14-24(27)28/h15-18,20,26H,2-14,19H2,1H3,(H,27,28)/b18-16+. The van der Waals surface area contributed by atoms with E-state index in [2.05, 4.69) is 0 Å². The van der Waals surface area contributed by atoms with Crippen LogP contribution in [-0.4, -0.2) is 35.9 Å². The van der Waals surface area contributed by atoms with Gasteiger partial charge in [-0.3, -0.25) is 4.79 Å². The first-order valence-corrected chi connectivity index (χ1v) is 11.5. The lowest BCUT2D eigenvalue weighted by molar-refractivity contribution is -0.138. The molecule has 0 spiro atoms. The maximum Gasteiger partial charge on any atom is 0.330 e. The van der Waals surface area contributed by atoms with E-state index in [0.29, 0.717) is 18.8 Å². The van der Waals surface area contributed by atoms with E-state index in [9.17, 15) is 14.7 Å². The lowest BCUT2D eigenvalue weighted by atomic mass is 10.0. The summed E-state index contributed by atoms with van der Waals surface area (Å²) in [6.07, 6.45) is 16.8. The Morgan fingerprint density at radius 3 is 1.97 bits per heavy atom. The molecule has 0 radical (unpaired) electrons. The summed E-state index contributed by atoms with van der Waals surface area (Å²) in [5, 5.41) is 18.1. The fourth-order valence-electron chi connectivity index (χ4n) is 3.33. The molecule has 0 bridgehead atoms. The summed E-state index contributed by atoms with van der Waals surface area (Å²) >= 11 is 0. The minimum Gasteiger partial charge on any atom is -0.504 e. The van der Waals surface area contributed by atoms with Gasteiger partial charge in [-0.25, -0.2) is 4.79 Å². The molecule has 0 fully saturated rings. The first kappa shape index (κ1) is 26.5. The van der Waals surface area contributed by atoms with Crippen molar-refractivity contribution in [2.45, 2.75) is 83.5 Å². The second-order valence-electron chi connectivity index (χ2n) is 7.82. The molecule has 0 amide bonds. The number of rotatable bonds is 18. The first-order chi connectivity index (χ1) is 15.0. The predicted octanol–water partition coefficient (Wildman–Crippen LogP) is 6.11. The highest BCUT2D eigenvalue weighted by Gasteiger charge is 2.02. The van der Waals surface area contributed by atoms with Crippen LogP contribution in [0, 0.1) is 0 Å². The number of aliphatic carboxylic acids is 1. The molecule has 6 nitrogen and oxygen atoms in total. The number of carbonyl (C=O) groups is 2. The minimum absolute atomic E-state index is 0.0622. The van der Waals surface area contributed by atoms with Crippen LogP contribution >= 0.6 is 0 Å². The highest BCUT2D eigenvalue weighted by molar-refractivity contribution is 5.87. The lowest BCUT2D eigenvalue weighted by Crippen LogP contribution is -2.02. The molecule has 0 aliphatic carbocycles. The van der Waals surface area contributed by atoms with Gasteiger partial charge < -0.3 is 19.7 Å². The minimum atomic E-state index is -0.693. The second-order valence-corrected chi connectivity index (χ2v) is 7.82. The number of methoxy groups -OCH3 is 1. The van der Waals surface area contributed by atoms with Gasteiger partial charge in [0.2, 0.25) is 0 Å². The van der Waals surface area contributed by atoms with Crippen LogP contribution in [0.2, 0.25) is 0 Å². The summed E-state index contributed by atoms with van der Waals surface area (Å²) in [5.74, 6) is -0.632. The van der Waals surface area contributed by atoms with E-state index >= 15 is 0 Å². The zero-order chi connectivity index (χ0) is 22.7. The molecular weight excluding hydrogens is 396 g/mol. The van der Waals surface area contributed by atoms with E-state index in [1.807, 2.05) is 0 Å². The van der Waals surface area contributed by atoms with Crippen LogP contribution in [0.3, 0.4) is 0 Å². The fourth-order valence-corrected chi connectivity index (χ4v) is 3.33. The van der Waals surface area contributed by atoms with Gasteiger partial charge in [-0.05, 0) is 36.6 Å². The molecule has 31 heavy (non-hydrogen) atoms. The molecule has 0 aliphatic rings. The van der Waals surface area contributed by atoms with Crippen LogP contribution in [0.25, 0.3) is 6.08 Å². The molecule has 0 aromatic heterocycles. The van der Waals surface area contributed by atoms with E-state index in [-0.39, 0.29) is 11.7 Å². The average Bonchev–Trinajstić information content (AvgIpc) is 2.75. The number of unbranched alkanes of at least 4 members (excludes halogenated alkanes) is 11. The maximum absolute atomic E-state index is 11.8. The Balaban J connectivity index is 1.93. The second kappa shape index (κ2) is 17.2. The molecule has 0 atom stereocenters. The number of carboxylic acid groups (broad SMARTS) is 1. The highest BCUT2D eigenvalue weighted by Crippen LogP contribution is 2.26. The molecule has 0 heterocycles. The molecule has 1 aromatic carbocycles. The Labute approximate surface area is 186 Å². The van der Waals surface area contributed by atoms with E-state index in [0.717, 1.165) is 44.1 Å². The molecule has 0 saturated carbocycles. The number of carbonyl (C=O) groups excluding carboxylic acids is 1. The summed E-state index contributed by atoms with van der Waals surface area (Å²) in [5.41, 5.74) is 0.754. The van der Waals surface area contributed by atoms with Gasteiger partial charge in [-0.15, -0.1) is 0 Å². The number of esters is 1. The topological polar surface area (TPSA) is 93.1 Å². The predicted molar refractivity (Wildman–Crippen MR) is 122 cm³/mol. The lowest BCUT2D eigenvalue weighted by Gasteiger charge is -2.04. The molecular formula is C25H38O6. The van der Waals surface area contributed by atoms with Crippen molar-refractivity contribution in [3.05, 3.63) is 29.8 Å². The largest absolute Gasteiger partial charge is 0.504 e. The molecule has 6 heteroatoms. The molecule has 1 rings (SSSR count). The summed E-state index contributed by atoms with van der Waals surface area (Å²) in [6, 6.07) is 4.88. The Morgan fingerprint density at radius 2 is 1.42 bits per heavy atom. The Bertz CT molecular complexity index is 668. The fraction of sp³-hybridized carbons (Fsp3) is 0.600. The molecule has 174 valence electrons. The summed E-state index contributed by atoms with van der Waals surface area (Å²) in [6.45, 7) is 0.434.